The lowest BCUT2D eigenvalue weighted by molar-refractivity contribution is 0.138. The van der Waals surface area contributed by atoms with Gasteiger partial charge in [0.25, 0.3) is 0 Å². The smallest absolute Gasteiger partial charge is 0.191 e. The average Bonchev–Trinajstić information content (AvgIpc) is 3.40. The zero-order valence-electron chi connectivity index (χ0n) is 18.2. The van der Waals surface area contributed by atoms with Crippen LogP contribution in [0.1, 0.15) is 56.1 Å². The van der Waals surface area contributed by atoms with Gasteiger partial charge in [-0.1, -0.05) is 37.1 Å². The Labute approximate surface area is 194 Å². The zero-order valence-corrected chi connectivity index (χ0v) is 20.5. The molecule has 0 bridgehead atoms. The minimum Gasteiger partial charge on any atom is -0.385 e. The summed E-state index contributed by atoms with van der Waals surface area (Å²) in [6.45, 7) is 6.20. The predicted octanol–water partition coefficient (Wildman–Crippen LogP) is 4.16. The molecule has 29 heavy (non-hydrogen) atoms. The van der Waals surface area contributed by atoms with E-state index in [2.05, 4.69) is 44.8 Å². The summed E-state index contributed by atoms with van der Waals surface area (Å²) in [5, 5.41) is 7.04. The first-order valence-corrected chi connectivity index (χ1v) is 11.0. The van der Waals surface area contributed by atoms with Gasteiger partial charge in [-0.25, -0.2) is 0 Å². The SMILES string of the molecule is CN=C(NCc1ccc(CN2CCCC2)cc1)NCC1(CCOC)CCCC1.I. The van der Waals surface area contributed by atoms with E-state index >= 15 is 0 Å². The Morgan fingerprint density at radius 1 is 1.03 bits per heavy atom. The Balaban J connectivity index is 0.00000300. The fourth-order valence-electron chi connectivity index (χ4n) is 4.60. The summed E-state index contributed by atoms with van der Waals surface area (Å²) in [5.74, 6) is 0.893. The second kappa shape index (κ2) is 12.7. The van der Waals surface area contributed by atoms with Gasteiger partial charge >= 0.3 is 0 Å². The minimum atomic E-state index is 0. The maximum absolute atomic E-state index is 5.34. The molecule has 164 valence electrons. The van der Waals surface area contributed by atoms with Gasteiger partial charge in [-0.05, 0) is 61.7 Å². The van der Waals surface area contributed by atoms with Crippen molar-refractivity contribution in [3.8, 4) is 0 Å². The van der Waals surface area contributed by atoms with Crippen molar-refractivity contribution in [1.29, 1.82) is 0 Å². The molecule has 1 aliphatic heterocycles. The van der Waals surface area contributed by atoms with Crippen LogP contribution >= 0.6 is 24.0 Å². The van der Waals surface area contributed by atoms with Gasteiger partial charge in [0.1, 0.15) is 0 Å². The third-order valence-electron chi connectivity index (χ3n) is 6.44. The molecule has 1 saturated heterocycles. The number of halogens is 1. The van der Waals surface area contributed by atoms with Gasteiger partial charge in [0.05, 0.1) is 0 Å². The standard InChI is InChI=1S/C23H38N4O.HI/c1-24-22(26-19-23(13-16-28-2)11-3-4-12-23)25-17-20-7-9-21(10-8-20)18-27-14-5-6-15-27;/h7-10H,3-6,11-19H2,1-2H3,(H2,24,25,26);1H. The molecule has 1 aromatic rings. The first-order valence-electron chi connectivity index (χ1n) is 11.0. The van der Waals surface area contributed by atoms with Crippen LogP contribution in [0.4, 0.5) is 0 Å². The maximum Gasteiger partial charge on any atom is 0.191 e. The van der Waals surface area contributed by atoms with Gasteiger partial charge in [0.2, 0.25) is 0 Å². The van der Waals surface area contributed by atoms with E-state index in [4.69, 9.17) is 4.74 Å². The van der Waals surface area contributed by atoms with Crippen LogP contribution in [-0.4, -0.2) is 51.3 Å². The Hall–Kier alpha value is -0.860. The molecule has 0 atom stereocenters. The first-order chi connectivity index (χ1) is 13.7. The average molecular weight is 514 g/mol. The highest BCUT2D eigenvalue weighted by molar-refractivity contribution is 14.0. The number of rotatable bonds is 9. The van der Waals surface area contributed by atoms with Crippen LogP contribution < -0.4 is 10.6 Å². The van der Waals surface area contributed by atoms with Crippen molar-refractivity contribution in [3.05, 3.63) is 35.4 Å². The van der Waals surface area contributed by atoms with Crippen LogP contribution in [0.3, 0.4) is 0 Å². The van der Waals surface area contributed by atoms with Crippen LogP contribution in [0, 0.1) is 5.41 Å². The van der Waals surface area contributed by atoms with Gasteiger partial charge in [-0.2, -0.15) is 0 Å². The fourth-order valence-corrected chi connectivity index (χ4v) is 4.60. The Morgan fingerprint density at radius 2 is 1.69 bits per heavy atom. The van der Waals surface area contributed by atoms with E-state index < -0.39 is 0 Å². The number of guanidine groups is 1. The first kappa shape index (κ1) is 24.4. The maximum atomic E-state index is 5.34. The molecule has 5 nitrogen and oxygen atoms in total. The number of ether oxygens (including phenoxy) is 1. The second-order valence-corrected chi connectivity index (χ2v) is 8.53. The number of aliphatic imine (C=N–C) groups is 1. The van der Waals surface area contributed by atoms with Crippen molar-refractivity contribution in [2.24, 2.45) is 10.4 Å². The van der Waals surface area contributed by atoms with E-state index in [-0.39, 0.29) is 24.0 Å². The van der Waals surface area contributed by atoms with E-state index in [0.29, 0.717) is 5.41 Å². The highest BCUT2D eigenvalue weighted by atomic mass is 127. The third kappa shape index (κ3) is 7.72. The van der Waals surface area contributed by atoms with E-state index in [1.54, 1.807) is 7.11 Å². The van der Waals surface area contributed by atoms with Gasteiger partial charge < -0.3 is 15.4 Å². The lowest BCUT2D eigenvalue weighted by Gasteiger charge is -2.30. The van der Waals surface area contributed by atoms with Crippen molar-refractivity contribution >= 4 is 29.9 Å². The predicted molar refractivity (Wildman–Crippen MR) is 132 cm³/mol. The molecular formula is C23H39IN4O. The highest BCUT2D eigenvalue weighted by Gasteiger charge is 2.33. The largest absolute Gasteiger partial charge is 0.385 e. The Bertz CT molecular complexity index is 608. The number of likely N-dealkylation sites (tertiary alicyclic amines) is 1. The molecule has 1 heterocycles. The van der Waals surface area contributed by atoms with E-state index in [1.165, 1.54) is 62.7 Å². The molecule has 2 aliphatic rings. The van der Waals surface area contributed by atoms with Crippen molar-refractivity contribution in [3.63, 3.8) is 0 Å². The van der Waals surface area contributed by atoms with Gasteiger partial charge in [0, 0.05) is 40.4 Å². The molecule has 2 N–H and O–H groups in total. The molecule has 3 rings (SSSR count). The molecule has 1 aromatic carbocycles. The molecular weight excluding hydrogens is 475 g/mol. The number of hydrogen-bond donors (Lipinski definition) is 2. The quantitative estimate of drug-likeness (QED) is 0.295. The highest BCUT2D eigenvalue weighted by Crippen LogP contribution is 2.40. The summed E-state index contributed by atoms with van der Waals surface area (Å²) in [5.41, 5.74) is 3.07. The molecule has 1 saturated carbocycles. The normalized spacial score (nSPS) is 19.2. The van der Waals surface area contributed by atoms with Crippen LogP contribution in [0.25, 0.3) is 0 Å². The molecule has 6 heteroatoms. The number of methoxy groups -OCH3 is 1. The molecule has 2 fully saturated rings. The molecule has 0 amide bonds. The molecule has 0 spiro atoms. The lowest BCUT2D eigenvalue weighted by atomic mass is 9.83. The topological polar surface area (TPSA) is 48.9 Å². The fraction of sp³-hybridized carbons (Fsp3) is 0.696. The van der Waals surface area contributed by atoms with E-state index in [1.807, 2.05) is 7.05 Å². The summed E-state index contributed by atoms with van der Waals surface area (Å²) in [7, 11) is 3.65. The molecule has 0 radical (unpaired) electrons. The van der Waals surface area contributed by atoms with Crippen molar-refractivity contribution in [1.82, 2.24) is 15.5 Å². The summed E-state index contributed by atoms with van der Waals surface area (Å²) in [4.78, 5) is 6.96. The molecule has 0 aromatic heterocycles. The summed E-state index contributed by atoms with van der Waals surface area (Å²) in [6.07, 6.45) is 9.08. The van der Waals surface area contributed by atoms with Gasteiger partial charge in [0.15, 0.2) is 5.96 Å². The van der Waals surface area contributed by atoms with Crippen LogP contribution in [0.2, 0.25) is 0 Å². The van der Waals surface area contributed by atoms with E-state index in [9.17, 15) is 0 Å². The van der Waals surface area contributed by atoms with Crippen molar-refractivity contribution < 1.29 is 4.74 Å². The van der Waals surface area contributed by atoms with Crippen LogP contribution in [0.5, 0.6) is 0 Å². The van der Waals surface area contributed by atoms with E-state index in [0.717, 1.165) is 38.6 Å². The second-order valence-electron chi connectivity index (χ2n) is 8.53. The summed E-state index contributed by atoms with van der Waals surface area (Å²) in [6, 6.07) is 9.01. The number of nitrogens with one attached hydrogen (secondary N) is 2. The number of benzene rings is 1. The summed E-state index contributed by atoms with van der Waals surface area (Å²) < 4.78 is 5.34. The van der Waals surface area contributed by atoms with Crippen molar-refractivity contribution in [2.45, 2.75) is 58.0 Å². The lowest BCUT2D eigenvalue weighted by Crippen LogP contribution is -2.43. The minimum absolute atomic E-state index is 0. The molecule has 0 unspecified atom stereocenters. The Morgan fingerprint density at radius 3 is 2.31 bits per heavy atom. The van der Waals surface area contributed by atoms with Gasteiger partial charge in [-0.3, -0.25) is 9.89 Å². The summed E-state index contributed by atoms with van der Waals surface area (Å²) >= 11 is 0. The monoisotopic (exact) mass is 514 g/mol. The number of hydrogen-bond acceptors (Lipinski definition) is 3. The van der Waals surface area contributed by atoms with Crippen LogP contribution in [-0.2, 0) is 17.8 Å². The van der Waals surface area contributed by atoms with Crippen LogP contribution in [0.15, 0.2) is 29.3 Å². The Kier molecular flexibility index (Phi) is 10.7. The molecule has 1 aliphatic carbocycles. The number of nitrogens with zero attached hydrogens (tertiary/aromatic N) is 2. The third-order valence-corrected chi connectivity index (χ3v) is 6.44. The van der Waals surface area contributed by atoms with Gasteiger partial charge in [-0.15, -0.1) is 24.0 Å². The zero-order chi connectivity index (χ0) is 19.7. The van der Waals surface area contributed by atoms with Crippen molar-refractivity contribution in [2.75, 3.05) is 40.4 Å².